The standard InChI is InChI=1S/C12H9BrCl2S/c1-7-2-3-8(10(15)6-7)11(13)12-9(14)4-5-16-12/h2-6,11H,1H3. The molecule has 4 heteroatoms. The monoisotopic (exact) mass is 334 g/mol. The van der Waals surface area contributed by atoms with E-state index in [9.17, 15) is 0 Å². The van der Waals surface area contributed by atoms with Crippen molar-refractivity contribution in [3.8, 4) is 0 Å². The van der Waals surface area contributed by atoms with E-state index < -0.39 is 0 Å². The SMILES string of the molecule is Cc1ccc(C(Br)c2sccc2Cl)c(Cl)c1. The normalized spacial score (nSPS) is 12.8. The number of benzene rings is 1. The number of halogens is 3. The Balaban J connectivity index is 2.41. The van der Waals surface area contributed by atoms with Crippen LogP contribution in [0.3, 0.4) is 0 Å². The van der Waals surface area contributed by atoms with E-state index in [2.05, 4.69) is 22.0 Å². The Morgan fingerprint density at radius 3 is 2.50 bits per heavy atom. The summed E-state index contributed by atoms with van der Waals surface area (Å²) >= 11 is 17.6. The van der Waals surface area contributed by atoms with Crippen molar-refractivity contribution < 1.29 is 0 Å². The average molecular weight is 336 g/mol. The number of hydrogen-bond acceptors (Lipinski definition) is 1. The molecule has 0 N–H and O–H groups in total. The van der Waals surface area contributed by atoms with E-state index >= 15 is 0 Å². The van der Waals surface area contributed by atoms with Gasteiger partial charge in [0.15, 0.2) is 0 Å². The van der Waals surface area contributed by atoms with Crippen LogP contribution in [0, 0.1) is 6.92 Å². The molecule has 0 bridgehead atoms. The zero-order valence-electron chi connectivity index (χ0n) is 8.51. The fourth-order valence-electron chi connectivity index (χ4n) is 1.47. The summed E-state index contributed by atoms with van der Waals surface area (Å²) in [4.78, 5) is 1.15. The summed E-state index contributed by atoms with van der Waals surface area (Å²) in [6.45, 7) is 2.02. The second-order valence-electron chi connectivity index (χ2n) is 3.52. The fraction of sp³-hybridized carbons (Fsp3) is 0.167. The summed E-state index contributed by atoms with van der Waals surface area (Å²) in [5.74, 6) is 0. The van der Waals surface area contributed by atoms with Gasteiger partial charge in [-0.25, -0.2) is 0 Å². The Labute approximate surface area is 117 Å². The van der Waals surface area contributed by atoms with Gasteiger partial charge in [-0.2, -0.15) is 0 Å². The number of rotatable bonds is 2. The van der Waals surface area contributed by atoms with Crippen molar-refractivity contribution in [2.45, 2.75) is 11.8 Å². The van der Waals surface area contributed by atoms with E-state index in [1.54, 1.807) is 11.3 Å². The number of alkyl halides is 1. The van der Waals surface area contributed by atoms with E-state index in [1.807, 2.05) is 30.5 Å². The Hall–Kier alpha value is -0.0200. The molecule has 0 saturated heterocycles. The van der Waals surface area contributed by atoms with Crippen LogP contribution in [0.5, 0.6) is 0 Å². The van der Waals surface area contributed by atoms with E-state index in [0.29, 0.717) is 0 Å². The molecule has 2 rings (SSSR count). The third kappa shape index (κ3) is 2.45. The predicted molar refractivity (Wildman–Crippen MR) is 76.3 cm³/mol. The van der Waals surface area contributed by atoms with E-state index in [4.69, 9.17) is 23.2 Å². The van der Waals surface area contributed by atoms with Crippen LogP contribution in [-0.4, -0.2) is 0 Å². The molecule has 1 heterocycles. The van der Waals surface area contributed by atoms with E-state index in [-0.39, 0.29) is 4.83 Å². The average Bonchev–Trinajstić information content (AvgIpc) is 2.63. The number of thiophene rings is 1. The molecular formula is C12H9BrCl2S. The highest BCUT2D eigenvalue weighted by atomic mass is 79.9. The second kappa shape index (κ2) is 5.09. The molecule has 2 aromatic rings. The van der Waals surface area contributed by atoms with Crippen molar-refractivity contribution in [1.82, 2.24) is 0 Å². The first-order valence-electron chi connectivity index (χ1n) is 4.72. The van der Waals surface area contributed by atoms with Gasteiger partial charge < -0.3 is 0 Å². The van der Waals surface area contributed by atoms with Gasteiger partial charge in [0, 0.05) is 9.90 Å². The van der Waals surface area contributed by atoms with E-state index in [0.717, 1.165) is 26.0 Å². The second-order valence-corrected chi connectivity index (χ2v) is 6.20. The predicted octanol–water partition coefficient (Wildman–Crippen LogP) is 5.85. The molecule has 0 aliphatic carbocycles. The first-order valence-corrected chi connectivity index (χ1v) is 7.27. The van der Waals surface area contributed by atoms with Gasteiger partial charge in [-0.05, 0) is 35.6 Å². The smallest absolute Gasteiger partial charge is 0.0767 e. The van der Waals surface area contributed by atoms with Crippen molar-refractivity contribution in [2.24, 2.45) is 0 Å². The minimum absolute atomic E-state index is 0.0631. The van der Waals surface area contributed by atoms with Gasteiger partial charge in [-0.3, -0.25) is 0 Å². The van der Waals surface area contributed by atoms with Crippen LogP contribution >= 0.6 is 50.5 Å². The maximum atomic E-state index is 6.23. The number of hydrogen-bond donors (Lipinski definition) is 0. The minimum Gasteiger partial charge on any atom is -0.146 e. The lowest BCUT2D eigenvalue weighted by Gasteiger charge is -2.11. The summed E-state index contributed by atoms with van der Waals surface area (Å²) in [6, 6.07) is 7.95. The third-order valence-corrected chi connectivity index (χ3v) is 5.31. The largest absolute Gasteiger partial charge is 0.146 e. The molecule has 16 heavy (non-hydrogen) atoms. The zero-order chi connectivity index (χ0) is 11.7. The van der Waals surface area contributed by atoms with Crippen molar-refractivity contribution in [3.63, 3.8) is 0 Å². The minimum atomic E-state index is 0.0631. The molecule has 0 nitrogen and oxygen atoms in total. The fourth-order valence-corrected chi connectivity index (χ4v) is 4.20. The molecule has 0 aliphatic rings. The van der Waals surface area contributed by atoms with Gasteiger partial charge in [-0.1, -0.05) is 51.3 Å². The molecule has 0 spiro atoms. The highest BCUT2D eigenvalue weighted by Crippen LogP contribution is 2.41. The van der Waals surface area contributed by atoms with Crippen LogP contribution < -0.4 is 0 Å². The lowest BCUT2D eigenvalue weighted by molar-refractivity contribution is 1.22. The Morgan fingerprint density at radius 1 is 1.19 bits per heavy atom. The quantitative estimate of drug-likeness (QED) is 0.604. The molecule has 1 aromatic carbocycles. The van der Waals surface area contributed by atoms with Gasteiger partial charge in [0.25, 0.3) is 0 Å². The molecule has 1 unspecified atom stereocenters. The van der Waals surface area contributed by atoms with Crippen LogP contribution in [-0.2, 0) is 0 Å². The molecule has 0 aliphatic heterocycles. The van der Waals surface area contributed by atoms with Gasteiger partial charge >= 0.3 is 0 Å². The lowest BCUT2D eigenvalue weighted by Crippen LogP contribution is -1.92. The van der Waals surface area contributed by atoms with Gasteiger partial charge in [0.1, 0.15) is 0 Å². The van der Waals surface area contributed by atoms with Crippen LogP contribution in [0.2, 0.25) is 10.0 Å². The summed E-state index contributed by atoms with van der Waals surface area (Å²) in [5, 5.41) is 3.53. The first kappa shape index (κ1) is 12.4. The van der Waals surface area contributed by atoms with Gasteiger partial charge in [0.2, 0.25) is 0 Å². The molecule has 0 radical (unpaired) electrons. The Bertz CT molecular complexity index is 507. The van der Waals surface area contributed by atoms with Crippen molar-refractivity contribution >= 4 is 50.5 Å². The highest BCUT2D eigenvalue weighted by molar-refractivity contribution is 9.09. The van der Waals surface area contributed by atoms with Crippen LogP contribution in [0.4, 0.5) is 0 Å². The molecule has 0 fully saturated rings. The molecule has 84 valence electrons. The molecule has 0 saturated carbocycles. The number of aryl methyl sites for hydroxylation is 1. The Kier molecular flexibility index (Phi) is 3.96. The third-order valence-electron chi connectivity index (χ3n) is 2.30. The van der Waals surface area contributed by atoms with Crippen molar-refractivity contribution in [1.29, 1.82) is 0 Å². The van der Waals surface area contributed by atoms with Crippen LogP contribution in [0.25, 0.3) is 0 Å². The summed E-state index contributed by atoms with van der Waals surface area (Å²) < 4.78 is 0. The van der Waals surface area contributed by atoms with E-state index in [1.165, 1.54) is 0 Å². The zero-order valence-corrected chi connectivity index (χ0v) is 12.4. The highest BCUT2D eigenvalue weighted by Gasteiger charge is 2.17. The van der Waals surface area contributed by atoms with Gasteiger partial charge in [0.05, 0.1) is 9.85 Å². The van der Waals surface area contributed by atoms with Gasteiger partial charge in [-0.15, -0.1) is 11.3 Å². The van der Waals surface area contributed by atoms with Crippen LogP contribution in [0.1, 0.15) is 20.8 Å². The van der Waals surface area contributed by atoms with Crippen LogP contribution in [0.15, 0.2) is 29.6 Å². The molecular weight excluding hydrogens is 327 g/mol. The first-order chi connectivity index (χ1) is 7.59. The summed E-state index contributed by atoms with van der Waals surface area (Å²) in [6.07, 6.45) is 0. The summed E-state index contributed by atoms with van der Waals surface area (Å²) in [5.41, 5.74) is 2.21. The molecule has 0 amide bonds. The van der Waals surface area contributed by atoms with Crippen molar-refractivity contribution in [3.05, 3.63) is 55.7 Å². The Morgan fingerprint density at radius 2 is 1.94 bits per heavy atom. The van der Waals surface area contributed by atoms with Crippen molar-refractivity contribution in [2.75, 3.05) is 0 Å². The maximum Gasteiger partial charge on any atom is 0.0767 e. The molecule has 1 atom stereocenters. The lowest BCUT2D eigenvalue weighted by atomic mass is 10.1. The topological polar surface area (TPSA) is 0 Å². The maximum absolute atomic E-state index is 6.23. The summed E-state index contributed by atoms with van der Waals surface area (Å²) in [7, 11) is 0. The molecule has 1 aromatic heterocycles.